The molecular weight excluding hydrogens is 314 g/mol. The van der Waals surface area contributed by atoms with Crippen molar-refractivity contribution in [2.24, 2.45) is 0 Å². The van der Waals surface area contributed by atoms with Crippen molar-refractivity contribution in [1.82, 2.24) is 0 Å². The van der Waals surface area contributed by atoms with Crippen LogP contribution in [0.15, 0.2) is 46.9 Å². The van der Waals surface area contributed by atoms with Crippen molar-refractivity contribution in [3.63, 3.8) is 0 Å². The Kier molecular flexibility index (Phi) is 3.97. The number of fused-ring (bicyclic) bond motifs is 1. The van der Waals surface area contributed by atoms with Gasteiger partial charge in [0.1, 0.15) is 5.75 Å². The van der Waals surface area contributed by atoms with Gasteiger partial charge in [0.05, 0.1) is 12.6 Å². The Morgan fingerprint density at radius 1 is 1.20 bits per heavy atom. The second-order valence-electron chi connectivity index (χ2n) is 5.19. The van der Waals surface area contributed by atoms with E-state index in [-0.39, 0.29) is 0 Å². The number of halogens is 1. The zero-order chi connectivity index (χ0) is 13.9. The first-order valence-electron chi connectivity index (χ1n) is 6.98. The molecule has 0 amide bonds. The van der Waals surface area contributed by atoms with Gasteiger partial charge in [0.15, 0.2) is 0 Å². The minimum absolute atomic E-state index is 0.307. The van der Waals surface area contributed by atoms with Crippen LogP contribution < -0.4 is 10.1 Å². The highest BCUT2D eigenvalue weighted by Gasteiger charge is 2.20. The molecule has 1 atom stereocenters. The maximum absolute atomic E-state index is 5.92. The van der Waals surface area contributed by atoms with Gasteiger partial charge in [-0.25, -0.2) is 0 Å². The average Bonchev–Trinajstić information content (AvgIpc) is 2.63. The average molecular weight is 332 g/mol. The number of anilines is 1. The van der Waals surface area contributed by atoms with Crippen LogP contribution in [0.2, 0.25) is 0 Å². The van der Waals surface area contributed by atoms with Crippen molar-refractivity contribution < 1.29 is 4.74 Å². The lowest BCUT2D eigenvalue weighted by molar-refractivity contribution is 0.314. The summed E-state index contributed by atoms with van der Waals surface area (Å²) in [5.41, 5.74) is 3.62. The summed E-state index contributed by atoms with van der Waals surface area (Å²) in [6, 6.07) is 15.0. The van der Waals surface area contributed by atoms with Crippen LogP contribution in [0.25, 0.3) is 0 Å². The minimum Gasteiger partial charge on any atom is -0.493 e. The molecule has 104 valence electrons. The topological polar surface area (TPSA) is 21.3 Å². The number of rotatable bonds is 2. The van der Waals surface area contributed by atoms with Crippen LogP contribution in [0.5, 0.6) is 5.75 Å². The molecule has 3 heteroatoms. The molecule has 2 nitrogen and oxygen atoms in total. The molecule has 3 rings (SSSR count). The van der Waals surface area contributed by atoms with Gasteiger partial charge in [0, 0.05) is 15.7 Å². The lowest BCUT2D eigenvalue weighted by atomic mass is 9.99. The van der Waals surface area contributed by atoms with Crippen LogP contribution in [0.4, 0.5) is 5.69 Å². The summed E-state index contributed by atoms with van der Waals surface area (Å²) >= 11 is 3.52. The number of nitrogens with one attached hydrogen (secondary N) is 1. The van der Waals surface area contributed by atoms with E-state index in [1.807, 2.05) is 6.07 Å². The van der Waals surface area contributed by atoms with Crippen LogP contribution in [0.3, 0.4) is 0 Å². The number of aryl methyl sites for hydroxylation is 1. The van der Waals surface area contributed by atoms with E-state index in [0.717, 1.165) is 35.4 Å². The Bertz CT molecular complexity index is 612. The van der Waals surface area contributed by atoms with Gasteiger partial charge in [-0.15, -0.1) is 0 Å². The molecule has 0 saturated heterocycles. The van der Waals surface area contributed by atoms with Gasteiger partial charge in [-0.3, -0.25) is 0 Å². The van der Waals surface area contributed by atoms with Gasteiger partial charge in [0.25, 0.3) is 0 Å². The molecular formula is C17H18BrNO. The second kappa shape index (κ2) is 5.88. The molecule has 0 radical (unpaired) electrons. The van der Waals surface area contributed by atoms with E-state index < -0.39 is 0 Å². The lowest BCUT2D eigenvalue weighted by Crippen LogP contribution is -2.10. The van der Waals surface area contributed by atoms with Gasteiger partial charge >= 0.3 is 0 Å². The van der Waals surface area contributed by atoms with Crippen LogP contribution in [0.1, 0.15) is 30.0 Å². The summed E-state index contributed by atoms with van der Waals surface area (Å²) in [6.07, 6.45) is 2.16. The molecule has 1 aliphatic heterocycles. The van der Waals surface area contributed by atoms with Crippen molar-refractivity contribution in [2.45, 2.75) is 25.8 Å². The van der Waals surface area contributed by atoms with Crippen molar-refractivity contribution in [1.29, 1.82) is 0 Å². The van der Waals surface area contributed by atoms with E-state index in [1.165, 1.54) is 11.1 Å². The van der Waals surface area contributed by atoms with Gasteiger partial charge in [-0.1, -0.05) is 40.2 Å². The Morgan fingerprint density at radius 3 is 2.90 bits per heavy atom. The summed E-state index contributed by atoms with van der Waals surface area (Å²) in [5.74, 6) is 1.05. The lowest BCUT2D eigenvalue weighted by Gasteiger charge is -2.20. The molecule has 0 fully saturated rings. The summed E-state index contributed by atoms with van der Waals surface area (Å²) < 4.78 is 7.02. The fourth-order valence-electron chi connectivity index (χ4n) is 2.69. The molecule has 0 aliphatic carbocycles. The monoisotopic (exact) mass is 331 g/mol. The maximum atomic E-state index is 5.92. The molecule has 2 aromatic rings. The first-order chi connectivity index (χ1) is 9.74. The standard InChI is InChI=1S/C17H18BrNO/c1-12-5-2-8-15-16(9-4-10-20-17(12)15)19-14-7-3-6-13(18)11-14/h2-3,5-8,11,16,19H,4,9-10H2,1H3. The zero-order valence-electron chi connectivity index (χ0n) is 11.5. The normalized spacial score (nSPS) is 17.8. The molecule has 0 aromatic heterocycles. The number of hydrogen-bond acceptors (Lipinski definition) is 2. The second-order valence-corrected chi connectivity index (χ2v) is 6.11. The predicted octanol–water partition coefficient (Wildman–Crippen LogP) is 5.08. The van der Waals surface area contributed by atoms with Crippen molar-refractivity contribution >= 4 is 21.6 Å². The van der Waals surface area contributed by atoms with Crippen molar-refractivity contribution in [3.05, 3.63) is 58.1 Å². The quantitative estimate of drug-likeness (QED) is 0.828. The van der Waals surface area contributed by atoms with E-state index >= 15 is 0 Å². The molecule has 0 bridgehead atoms. The van der Waals surface area contributed by atoms with Gasteiger partial charge in [-0.05, 0) is 43.5 Å². The largest absolute Gasteiger partial charge is 0.493 e. The Balaban J connectivity index is 1.92. The highest BCUT2D eigenvalue weighted by atomic mass is 79.9. The first-order valence-corrected chi connectivity index (χ1v) is 7.78. The third-order valence-corrected chi connectivity index (χ3v) is 4.16. The molecule has 0 spiro atoms. The molecule has 2 aromatic carbocycles. The fourth-order valence-corrected chi connectivity index (χ4v) is 3.09. The third kappa shape index (κ3) is 2.83. The number of ether oxygens (including phenoxy) is 1. The fraction of sp³-hybridized carbons (Fsp3) is 0.294. The molecule has 20 heavy (non-hydrogen) atoms. The van der Waals surface area contributed by atoms with E-state index in [0.29, 0.717) is 6.04 Å². The molecule has 1 N–H and O–H groups in total. The van der Waals surface area contributed by atoms with Gasteiger partial charge in [0.2, 0.25) is 0 Å². The Morgan fingerprint density at radius 2 is 2.05 bits per heavy atom. The number of para-hydroxylation sites is 1. The summed E-state index contributed by atoms with van der Waals surface area (Å²) in [7, 11) is 0. The highest BCUT2D eigenvalue weighted by molar-refractivity contribution is 9.10. The third-order valence-electron chi connectivity index (χ3n) is 3.67. The smallest absolute Gasteiger partial charge is 0.127 e. The zero-order valence-corrected chi connectivity index (χ0v) is 13.1. The van der Waals surface area contributed by atoms with E-state index in [4.69, 9.17) is 4.74 Å². The van der Waals surface area contributed by atoms with Crippen molar-refractivity contribution in [2.75, 3.05) is 11.9 Å². The molecule has 1 aliphatic rings. The minimum atomic E-state index is 0.307. The van der Waals surface area contributed by atoms with E-state index in [1.54, 1.807) is 0 Å². The number of benzene rings is 2. The van der Waals surface area contributed by atoms with Crippen molar-refractivity contribution in [3.8, 4) is 5.75 Å². The Labute approximate surface area is 128 Å². The summed E-state index contributed by atoms with van der Waals surface area (Å²) in [6.45, 7) is 2.91. The van der Waals surface area contributed by atoms with Gasteiger partial charge in [-0.2, -0.15) is 0 Å². The van der Waals surface area contributed by atoms with Crippen LogP contribution in [-0.2, 0) is 0 Å². The van der Waals surface area contributed by atoms with Crippen LogP contribution >= 0.6 is 15.9 Å². The summed E-state index contributed by atoms with van der Waals surface area (Å²) in [5, 5.41) is 3.64. The predicted molar refractivity (Wildman–Crippen MR) is 86.4 cm³/mol. The maximum Gasteiger partial charge on any atom is 0.127 e. The summed E-state index contributed by atoms with van der Waals surface area (Å²) in [4.78, 5) is 0. The van der Waals surface area contributed by atoms with Gasteiger partial charge < -0.3 is 10.1 Å². The first kappa shape index (κ1) is 13.5. The number of hydrogen-bond donors (Lipinski definition) is 1. The van der Waals surface area contributed by atoms with Crippen LogP contribution in [0, 0.1) is 6.92 Å². The van der Waals surface area contributed by atoms with E-state index in [9.17, 15) is 0 Å². The van der Waals surface area contributed by atoms with E-state index in [2.05, 4.69) is 64.6 Å². The Hall–Kier alpha value is -1.48. The highest BCUT2D eigenvalue weighted by Crippen LogP contribution is 2.36. The molecule has 0 saturated carbocycles. The van der Waals surface area contributed by atoms with Crippen LogP contribution in [-0.4, -0.2) is 6.61 Å². The SMILES string of the molecule is Cc1cccc2c1OCCCC2Nc1cccc(Br)c1. The molecule has 1 unspecified atom stereocenters. The molecule has 1 heterocycles.